The maximum Gasteiger partial charge on any atom is 0.315 e. The number of hydrogen-bond donors (Lipinski definition) is 3. The fraction of sp³-hybridized carbons (Fsp3) is 0.579. The highest BCUT2D eigenvalue weighted by Crippen LogP contribution is 2.37. The highest BCUT2D eigenvalue weighted by Gasteiger charge is 2.31. The topological polar surface area (TPSA) is 74.9 Å². The zero-order valence-electron chi connectivity index (χ0n) is 16.7. The van der Waals surface area contributed by atoms with E-state index in [0.29, 0.717) is 23.2 Å². The number of fused-ring (bicyclic) bond motifs is 1. The summed E-state index contributed by atoms with van der Waals surface area (Å²) in [6.07, 6.45) is 0.843. The Bertz CT molecular complexity index is 681. The van der Waals surface area contributed by atoms with Gasteiger partial charge in [0, 0.05) is 25.7 Å². The zero-order chi connectivity index (χ0) is 20.0. The number of urea groups is 1. The van der Waals surface area contributed by atoms with Crippen LogP contribution in [-0.2, 0) is 6.42 Å². The molecule has 0 spiro atoms. The minimum absolute atomic E-state index is 0.0759. The second kappa shape index (κ2) is 9.64. The molecule has 1 aromatic carbocycles. The summed E-state index contributed by atoms with van der Waals surface area (Å²) in [6, 6.07) is 3.81. The Balaban J connectivity index is 2.33. The number of amides is 2. The van der Waals surface area contributed by atoms with Crippen molar-refractivity contribution in [2.24, 2.45) is 0 Å². The zero-order valence-corrected chi connectivity index (χ0v) is 17.5. The van der Waals surface area contributed by atoms with E-state index in [4.69, 9.17) is 21.7 Å². The number of carbonyl (C=O) groups excluding carboxylic acids is 1. The lowest BCUT2D eigenvalue weighted by Gasteiger charge is -2.39. The first-order chi connectivity index (χ1) is 12.9. The molecular formula is C19H30N4O3S. The Morgan fingerprint density at radius 2 is 1.93 bits per heavy atom. The van der Waals surface area contributed by atoms with Gasteiger partial charge in [0.2, 0.25) is 0 Å². The molecular weight excluding hydrogens is 364 g/mol. The molecule has 0 fully saturated rings. The minimum atomic E-state index is -0.188. The first-order valence-electron chi connectivity index (χ1n) is 9.24. The normalized spacial score (nSPS) is 15.8. The van der Waals surface area contributed by atoms with Crippen LogP contribution in [0.15, 0.2) is 12.1 Å². The van der Waals surface area contributed by atoms with Gasteiger partial charge in [0.25, 0.3) is 0 Å². The van der Waals surface area contributed by atoms with Crippen molar-refractivity contribution in [1.82, 2.24) is 20.9 Å². The minimum Gasteiger partial charge on any atom is -0.493 e. The lowest BCUT2D eigenvalue weighted by Crippen LogP contribution is -2.50. The summed E-state index contributed by atoms with van der Waals surface area (Å²) >= 11 is 5.57. The van der Waals surface area contributed by atoms with Crippen LogP contribution in [0.3, 0.4) is 0 Å². The summed E-state index contributed by atoms with van der Waals surface area (Å²) in [7, 11) is 3.26. The van der Waals surface area contributed by atoms with Crippen LogP contribution in [0, 0.1) is 0 Å². The molecule has 2 amide bonds. The van der Waals surface area contributed by atoms with Gasteiger partial charge in [-0.15, -0.1) is 0 Å². The SMILES string of the molecule is CCNC(=S)N1CCc2cc(OC)c(OC)cc2[C@H]1CNC(=O)NC(C)C. The van der Waals surface area contributed by atoms with Crippen LogP contribution >= 0.6 is 12.2 Å². The second-order valence-corrected chi connectivity index (χ2v) is 7.10. The van der Waals surface area contributed by atoms with E-state index < -0.39 is 0 Å². The quantitative estimate of drug-likeness (QED) is 0.643. The molecule has 1 aromatic rings. The van der Waals surface area contributed by atoms with Crippen molar-refractivity contribution in [1.29, 1.82) is 0 Å². The molecule has 0 saturated carbocycles. The van der Waals surface area contributed by atoms with E-state index in [9.17, 15) is 4.79 Å². The Morgan fingerprint density at radius 3 is 2.52 bits per heavy atom. The van der Waals surface area contributed by atoms with Crippen LogP contribution in [0.5, 0.6) is 11.5 Å². The van der Waals surface area contributed by atoms with Crippen LogP contribution in [0.4, 0.5) is 4.79 Å². The van der Waals surface area contributed by atoms with Gasteiger partial charge in [-0.3, -0.25) is 0 Å². The molecule has 1 aliphatic heterocycles. The fourth-order valence-corrected chi connectivity index (χ4v) is 3.61. The third-order valence-corrected chi connectivity index (χ3v) is 4.85. The number of thiocarbonyl (C=S) groups is 1. The van der Waals surface area contributed by atoms with Crippen LogP contribution in [0.25, 0.3) is 0 Å². The average molecular weight is 395 g/mol. The molecule has 3 N–H and O–H groups in total. The second-order valence-electron chi connectivity index (χ2n) is 6.71. The van der Waals surface area contributed by atoms with Gasteiger partial charge in [-0.1, -0.05) is 0 Å². The Morgan fingerprint density at radius 1 is 1.26 bits per heavy atom. The number of hydrogen-bond acceptors (Lipinski definition) is 4. The van der Waals surface area contributed by atoms with E-state index in [1.807, 2.05) is 32.9 Å². The van der Waals surface area contributed by atoms with Crippen LogP contribution < -0.4 is 25.4 Å². The van der Waals surface area contributed by atoms with Gasteiger partial charge >= 0.3 is 6.03 Å². The number of nitrogens with one attached hydrogen (secondary N) is 3. The number of rotatable bonds is 6. The number of nitrogens with zero attached hydrogens (tertiary/aromatic N) is 1. The van der Waals surface area contributed by atoms with E-state index in [-0.39, 0.29) is 18.1 Å². The summed E-state index contributed by atoms with van der Waals surface area (Å²) in [4.78, 5) is 14.2. The smallest absolute Gasteiger partial charge is 0.315 e. The molecule has 0 saturated heterocycles. The van der Waals surface area contributed by atoms with Crippen molar-refractivity contribution in [3.05, 3.63) is 23.3 Å². The first-order valence-corrected chi connectivity index (χ1v) is 9.65. The van der Waals surface area contributed by atoms with Crippen molar-refractivity contribution >= 4 is 23.4 Å². The summed E-state index contributed by atoms with van der Waals surface area (Å²) in [5.41, 5.74) is 2.27. The van der Waals surface area contributed by atoms with Gasteiger partial charge in [0.05, 0.1) is 20.3 Å². The standard InChI is InChI=1S/C19H30N4O3S/c1-6-20-19(27)23-8-7-13-9-16(25-4)17(26-5)10-14(13)15(23)11-21-18(24)22-12(2)3/h9-10,12,15H,6-8,11H2,1-5H3,(H,20,27)(H2,21,22,24)/t15-/m1/s1. The molecule has 0 radical (unpaired) electrons. The third kappa shape index (κ3) is 5.15. The van der Waals surface area contributed by atoms with Crippen molar-refractivity contribution in [2.45, 2.75) is 39.3 Å². The highest BCUT2D eigenvalue weighted by molar-refractivity contribution is 7.80. The predicted octanol–water partition coefficient (Wildman–Crippen LogP) is 2.21. The summed E-state index contributed by atoms with van der Waals surface area (Å²) < 4.78 is 10.9. The fourth-order valence-electron chi connectivity index (χ4n) is 3.25. The van der Waals surface area contributed by atoms with E-state index in [2.05, 4.69) is 20.9 Å². The van der Waals surface area contributed by atoms with E-state index >= 15 is 0 Å². The predicted molar refractivity (Wildman–Crippen MR) is 111 cm³/mol. The van der Waals surface area contributed by atoms with Gasteiger partial charge in [-0.25, -0.2) is 4.79 Å². The molecule has 8 heteroatoms. The van der Waals surface area contributed by atoms with Crippen LogP contribution in [0.2, 0.25) is 0 Å². The third-order valence-electron chi connectivity index (χ3n) is 4.47. The lowest BCUT2D eigenvalue weighted by atomic mass is 9.92. The molecule has 0 aliphatic carbocycles. The summed E-state index contributed by atoms with van der Waals surface area (Å²) in [5.74, 6) is 1.38. The highest BCUT2D eigenvalue weighted by atomic mass is 32.1. The Labute approximate surface area is 166 Å². The van der Waals surface area contributed by atoms with Crippen molar-refractivity contribution < 1.29 is 14.3 Å². The monoisotopic (exact) mass is 394 g/mol. The molecule has 0 bridgehead atoms. The lowest BCUT2D eigenvalue weighted by molar-refractivity contribution is 0.230. The van der Waals surface area contributed by atoms with Crippen molar-refractivity contribution in [3.63, 3.8) is 0 Å². The molecule has 2 rings (SSSR count). The number of methoxy groups -OCH3 is 2. The van der Waals surface area contributed by atoms with E-state index in [1.54, 1.807) is 14.2 Å². The number of carbonyl (C=O) groups is 1. The molecule has 0 aromatic heterocycles. The van der Waals surface area contributed by atoms with Gasteiger partial charge in [-0.2, -0.15) is 0 Å². The Hall–Kier alpha value is -2.22. The molecule has 7 nitrogen and oxygen atoms in total. The van der Waals surface area contributed by atoms with Gasteiger partial charge < -0.3 is 30.3 Å². The largest absolute Gasteiger partial charge is 0.493 e. The Kier molecular flexibility index (Phi) is 7.53. The molecule has 0 unspecified atom stereocenters. The van der Waals surface area contributed by atoms with Gasteiger partial charge in [0.15, 0.2) is 16.6 Å². The number of benzene rings is 1. The molecule has 1 heterocycles. The van der Waals surface area contributed by atoms with Gasteiger partial charge in [0.1, 0.15) is 0 Å². The molecule has 150 valence electrons. The van der Waals surface area contributed by atoms with Crippen LogP contribution in [-0.4, -0.2) is 55.9 Å². The van der Waals surface area contributed by atoms with E-state index in [1.165, 1.54) is 5.56 Å². The maximum absolute atomic E-state index is 12.1. The summed E-state index contributed by atoms with van der Waals surface area (Å²) in [6.45, 7) is 7.83. The molecule has 27 heavy (non-hydrogen) atoms. The molecule has 1 atom stereocenters. The molecule has 1 aliphatic rings. The van der Waals surface area contributed by atoms with E-state index in [0.717, 1.165) is 25.1 Å². The first kappa shape index (κ1) is 21.1. The van der Waals surface area contributed by atoms with Crippen molar-refractivity contribution in [2.75, 3.05) is 33.9 Å². The number of ether oxygens (including phenoxy) is 2. The van der Waals surface area contributed by atoms with Crippen LogP contribution in [0.1, 0.15) is 37.9 Å². The van der Waals surface area contributed by atoms with Gasteiger partial charge in [-0.05, 0) is 62.7 Å². The average Bonchev–Trinajstić information content (AvgIpc) is 2.64. The maximum atomic E-state index is 12.1. The summed E-state index contributed by atoms with van der Waals surface area (Å²) in [5, 5.41) is 9.73. The van der Waals surface area contributed by atoms with Crippen molar-refractivity contribution in [3.8, 4) is 11.5 Å².